The molecule has 7 nitrogen and oxygen atoms in total. The van der Waals surface area contributed by atoms with Crippen molar-refractivity contribution in [2.45, 2.75) is 70.6 Å². The Morgan fingerprint density at radius 1 is 1.31 bits per heavy atom. The summed E-state index contributed by atoms with van der Waals surface area (Å²) in [5, 5.41) is 3.45. The number of terminal acetylenes is 1. The van der Waals surface area contributed by atoms with E-state index in [4.69, 9.17) is 22.1 Å². The zero-order chi connectivity index (χ0) is 24.1. The van der Waals surface area contributed by atoms with Crippen LogP contribution in [0, 0.1) is 18.8 Å². The molecule has 1 saturated carbocycles. The van der Waals surface area contributed by atoms with Crippen molar-refractivity contribution in [3.05, 3.63) is 28.8 Å². The van der Waals surface area contributed by atoms with Crippen molar-refractivity contribution < 1.29 is 14.3 Å². The van der Waals surface area contributed by atoms with Crippen LogP contribution in [0.5, 0.6) is 5.75 Å². The van der Waals surface area contributed by atoms with Gasteiger partial charge in [0.2, 0.25) is 12.3 Å². The summed E-state index contributed by atoms with van der Waals surface area (Å²) < 4.78 is 5.84. The van der Waals surface area contributed by atoms with Crippen molar-refractivity contribution >= 4 is 29.9 Å². The third-order valence-corrected chi connectivity index (χ3v) is 5.65. The molecule has 2 heterocycles. The molecular weight excluding hydrogens is 428 g/mol. The van der Waals surface area contributed by atoms with Crippen molar-refractivity contribution in [1.29, 1.82) is 0 Å². The van der Waals surface area contributed by atoms with Crippen molar-refractivity contribution in [2.24, 2.45) is 16.6 Å². The van der Waals surface area contributed by atoms with E-state index in [-0.39, 0.29) is 23.1 Å². The number of nitrogens with two attached hydrogens (primary N) is 1. The number of guanidine groups is 1. The van der Waals surface area contributed by atoms with Crippen molar-refractivity contribution in [2.75, 3.05) is 6.54 Å². The lowest BCUT2D eigenvalue weighted by Crippen LogP contribution is -2.50. The van der Waals surface area contributed by atoms with Gasteiger partial charge < -0.3 is 15.8 Å². The zero-order valence-corrected chi connectivity index (χ0v) is 20.0. The van der Waals surface area contributed by atoms with E-state index in [1.165, 1.54) is 12.8 Å². The fourth-order valence-electron chi connectivity index (χ4n) is 3.81. The predicted molar refractivity (Wildman–Crippen MR) is 127 cm³/mol. The molecule has 2 aliphatic heterocycles. The molecule has 1 unspecified atom stereocenters. The molecule has 1 atom stereocenters. The van der Waals surface area contributed by atoms with Crippen LogP contribution in [0.1, 0.15) is 65.0 Å². The maximum absolute atomic E-state index is 11.7. The molecule has 4 rings (SSSR count). The standard InChI is InChI=1S/C12H14ClNO2.C10H17N3O.C2H2/c1-12(2)6-10(14-7-15)9-4-3-8(13)5-11(9)16-12;1-10(2)5-8(14)13(9(11)12-10)6-7-3-4-7;1-2/h3-5,7,10H,6H2,1-2H3,(H,14,15);7H,3-6H2,1-2H3,(H2,11,12);1-2H. The fraction of sp³-hybridized carbons (Fsp3) is 0.542. The van der Waals surface area contributed by atoms with E-state index in [1.807, 2.05) is 39.8 Å². The Kier molecular flexibility index (Phi) is 8.19. The van der Waals surface area contributed by atoms with Crippen LogP contribution in [0.15, 0.2) is 23.2 Å². The van der Waals surface area contributed by atoms with Gasteiger partial charge in [0.25, 0.3) is 0 Å². The summed E-state index contributed by atoms with van der Waals surface area (Å²) in [5.41, 5.74) is 6.15. The quantitative estimate of drug-likeness (QED) is 0.529. The minimum atomic E-state index is -0.318. The molecule has 2 amide bonds. The fourth-order valence-corrected chi connectivity index (χ4v) is 3.98. The van der Waals surface area contributed by atoms with Gasteiger partial charge in [0.15, 0.2) is 5.96 Å². The van der Waals surface area contributed by atoms with E-state index in [1.54, 1.807) is 11.0 Å². The Morgan fingerprint density at radius 2 is 1.97 bits per heavy atom. The van der Waals surface area contributed by atoms with E-state index in [0.29, 0.717) is 23.3 Å². The lowest BCUT2D eigenvalue weighted by Gasteiger charge is -2.37. The molecule has 0 saturated heterocycles. The number of nitrogens with zero attached hydrogens (tertiary/aromatic N) is 2. The molecule has 0 spiro atoms. The van der Waals surface area contributed by atoms with E-state index in [0.717, 1.165) is 30.7 Å². The predicted octanol–water partition coefficient (Wildman–Crippen LogP) is 3.66. The summed E-state index contributed by atoms with van der Waals surface area (Å²) in [6, 6.07) is 5.49. The van der Waals surface area contributed by atoms with Crippen LogP contribution in [0.2, 0.25) is 5.02 Å². The second kappa shape index (κ2) is 10.3. The van der Waals surface area contributed by atoms with Gasteiger partial charge >= 0.3 is 0 Å². The van der Waals surface area contributed by atoms with Crippen LogP contribution in [-0.4, -0.2) is 40.9 Å². The van der Waals surface area contributed by atoms with Gasteiger partial charge in [0, 0.05) is 23.6 Å². The molecule has 3 aliphatic rings. The Bertz CT molecular complexity index is 890. The highest BCUT2D eigenvalue weighted by Crippen LogP contribution is 2.40. The number of hydrogen-bond acceptors (Lipinski definition) is 5. The second-order valence-corrected chi connectivity index (χ2v) is 9.93. The van der Waals surface area contributed by atoms with Crippen LogP contribution < -0.4 is 15.8 Å². The SMILES string of the molecule is C#C.CC1(C)CC(=O)N(CC2CC2)C(N)=N1.CC1(C)CC(NC=O)c2ccc(Cl)cc2O1. The van der Waals surface area contributed by atoms with Crippen LogP contribution in [0.25, 0.3) is 0 Å². The number of nitrogens with one attached hydrogen (secondary N) is 1. The maximum Gasteiger partial charge on any atom is 0.231 e. The largest absolute Gasteiger partial charge is 0.487 e. The zero-order valence-electron chi connectivity index (χ0n) is 19.2. The molecule has 1 fully saturated rings. The van der Waals surface area contributed by atoms with Gasteiger partial charge in [-0.1, -0.05) is 17.7 Å². The van der Waals surface area contributed by atoms with Crippen LogP contribution >= 0.6 is 11.6 Å². The number of rotatable bonds is 4. The van der Waals surface area contributed by atoms with Crippen molar-refractivity contribution in [3.63, 3.8) is 0 Å². The Morgan fingerprint density at radius 3 is 2.53 bits per heavy atom. The van der Waals surface area contributed by atoms with Gasteiger partial charge in [-0.15, -0.1) is 12.8 Å². The summed E-state index contributed by atoms with van der Waals surface area (Å²) in [5.74, 6) is 1.93. The number of amides is 2. The van der Waals surface area contributed by atoms with E-state index in [9.17, 15) is 9.59 Å². The van der Waals surface area contributed by atoms with Crippen molar-refractivity contribution in [1.82, 2.24) is 10.2 Å². The molecule has 8 heteroatoms. The third kappa shape index (κ3) is 6.89. The number of carbonyl (C=O) groups is 2. The third-order valence-electron chi connectivity index (χ3n) is 5.42. The highest BCUT2D eigenvalue weighted by molar-refractivity contribution is 6.30. The van der Waals surface area contributed by atoms with Gasteiger partial charge in [-0.25, -0.2) is 4.99 Å². The summed E-state index contributed by atoms with van der Waals surface area (Å²) in [4.78, 5) is 28.3. The monoisotopic (exact) mass is 460 g/mol. The normalized spacial score (nSPS) is 22.5. The Hall–Kier alpha value is -2.72. The Balaban J connectivity index is 0.000000212. The highest BCUT2D eigenvalue weighted by atomic mass is 35.5. The maximum atomic E-state index is 11.7. The highest BCUT2D eigenvalue weighted by Gasteiger charge is 2.36. The van der Waals surface area contributed by atoms with E-state index < -0.39 is 0 Å². The number of fused-ring (bicyclic) bond motifs is 1. The number of carbonyl (C=O) groups excluding carboxylic acids is 2. The number of halogens is 1. The summed E-state index contributed by atoms with van der Waals surface area (Å²) in [6.45, 7) is 8.63. The molecule has 0 radical (unpaired) electrons. The van der Waals surface area contributed by atoms with Gasteiger partial charge in [0.05, 0.1) is 18.0 Å². The van der Waals surface area contributed by atoms with E-state index >= 15 is 0 Å². The number of aliphatic imine (C=N–C) groups is 1. The van der Waals surface area contributed by atoms with E-state index in [2.05, 4.69) is 23.2 Å². The van der Waals surface area contributed by atoms with Gasteiger partial charge in [-0.2, -0.15) is 0 Å². The number of ether oxygens (including phenoxy) is 1. The number of hydrogen-bond donors (Lipinski definition) is 2. The molecule has 0 bridgehead atoms. The molecule has 3 N–H and O–H groups in total. The van der Waals surface area contributed by atoms with Crippen molar-refractivity contribution in [3.8, 4) is 18.6 Å². The van der Waals surface area contributed by atoms with Gasteiger partial charge in [0.1, 0.15) is 11.4 Å². The summed E-state index contributed by atoms with van der Waals surface area (Å²) in [6.07, 6.45) is 12.4. The van der Waals surface area contributed by atoms with Gasteiger partial charge in [-0.05, 0) is 58.6 Å². The summed E-state index contributed by atoms with van der Waals surface area (Å²) in [7, 11) is 0. The minimum absolute atomic E-state index is 0.00600. The minimum Gasteiger partial charge on any atom is -0.487 e. The number of benzene rings is 1. The van der Waals surface area contributed by atoms with Crippen LogP contribution in [0.3, 0.4) is 0 Å². The average molecular weight is 461 g/mol. The molecule has 174 valence electrons. The average Bonchev–Trinajstić information content (AvgIpc) is 3.49. The first kappa shape index (κ1) is 25.5. The smallest absolute Gasteiger partial charge is 0.231 e. The van der Waals surface area contributed by atoms with Crippen LogP contribution in [-0.2, 0) is 9.59 Å². The topological polar surface area (TPSA) is 97.0 Å². The lowest BCUT2D eigenvalue weighted by atomic mass is 9.90. The first-order valence-electron chi connectivity index (χ1n) is 10.7. The molecule has 1 aromatic carbocycles. The van der Waals surface area contributed by atoms with Gasteiger partial charge in [-0.3, -0.25) is 14.5 Å². The molecule has 1 aromatic rings. The molecule has 1 aliphatic carbocycles. The molecule has 0 aromatic heterocycles. The molecule has 32 heavy (non-hydrogen) atoms. The van der Waals surface area contributed by atoms with Crippen LogP contribution in [0.4, 0.5) is 0 Å². The summed E-state index contributed by atoms with van der Waals surface area (Å²) >= 11 is 5.92. The second-order valence-electron chi connectivity index (χ2n) is 9.49. The Labute approximate surface area is 195 Å². The molecular formula is C24H33ClN4O3. The first-order valence-corrected chi connectivity index (χ1v) is 11.0. The lowest BCUT2D eigenvalue weighted by molar-refractivity contribution is -0.129. The first-order chi connectivity index (χ1) is 15.0.